The molecular weight excluding hydrogens is 410 g/mol. The van der Waals surface area contributed by atoms with Crippen LogP contribution in [-0.2, 0) is 14.8 Å². The first kappa shape index (κ1) is 21.6. The molecule has 2 aromatic carbocycles. The Morgan fingerprint density at radius 2 is 1.52 bits per heavy atom. The lowest BCUT2D eigenvalue weighted by Gasteiger charge is -2.30. The normalized spacial score (nSPS) is 22.9. The van der Waals surface area contributed by atoms with Gasteiger partial charge in [-0.1, -0.05) is 30.3 Å². The lowest BCUT2D eigenvalue weighted by atomic mass is 10.0. The Kier molecular flexibility index (Phi) is 5.64. The highest BCUT2D eigenvalue weighted by Gasteiger charge is 2.54. The predicted octanol–water partition coefficient (Wildman–Crippen LogP) is 4.46. The zero-order valence-electron chi connectivity index (χ0n) is 18.3. The maximum atomic E-state index is 13.4. The third-order valence-electron chi connectivity index (χ3n) is 5.74. The van der Waals surface area contributed by atoms with Crippen LogP contribution in [0, 0.1) is 0 Å². The molecule has 1 amide bonds. The van der Waals surface area contributed by atoms with E-state index in [9.17, 15) is 13.2 Å². The monoisotopic (exact) mass is 439 g/mol. The molecule has 6 nitrogen and oxygen atoms in total. The van der Waals surface area contributed by atoms with Crippen molar-refractivity contribution in [3.8, 4) is 0 Å². The smallest absolute Gasteiger partial charge is 0.284 e. The van der Waals surface area contributed by atoms with Gasteiger partial charge in [0.15, 0.2) is 5.25 Å². The van der Waals surface area contributed by atoms with Gasteiger partial charge >= 0.3 is 0 Å². The predicted molar refractivity (Wildman–Crippen MR) is 124 cm³/mol. The van der Waals surface area contributed by atoms with Gasteiger partial charge in [-0.3, -0.25) is 4.79 Å². The van der Waals surface area contributed by atoms with Crippen LogP contribution in [0.2, 0.25) is 0 Å². The number of hydrogen-bond donors (Lipinski definition) is 0. The van der Waals surface area contributed by atoms with Gasteiger partial charge in [-0.15, -0.1) is 0 Å². The quantitative estimate of drug-likeness (QED) is 0.708. The molecule has 2 fully saturated rings. The van der Waals surface area contributed by atoms with E-state index < -0.39 is 26.7 Å². The van der Waals surface area contributed by atoms with E-state index in [1.54, 1.807) is 45.0 Å². The van der Waals surface area contributed by atoms with Crippen LogP contribution in [0.25, 0.3) is 0 Å². The summed E-state index contributed by atoms with van der Waals surface area (Å²) in [6, 6.07) is 16.6. The third kappa shape index (κ3) is 4.11. The lowest BCUT2D eigenvalue weighted by Crippen LogP contribution is -2.45. The zero-order chi connectivity index (χ0) is 22.2. The summed E-state index contributed by atoms with van der Waals surface area (Å²) in [6.07, 6.45) is 3.65. The van der Waals surface area contributed by atoms with Crippen LogP contribution in [0.15, 0.2) is 59.6 Å². The molecule has 7 heteroatoms. The molecule has 2 saturated heterocycles. The van der Waals surface area contributed by atoms with E-state index in [-0.39, 0.29) is 5.71 Å². The minimum absolute atomic E-state index is 0.0480. The van der Waals surface area contributed by atoms with Gasteiger partial charge in [0.05, 0.1) is 11.2 Å². The zero-order valence-corrected chi connectivity index (χ0v) is 19.1. The summed E-state index contributed by atoms with van der Waals surface area (Å²) < 4.78 is 27.8. The lowest BCUT2D eigenvalue weighted by molar-refractivity contribution is -0.122. The molecule has 2 heterocycles. The van der Waals surface area contributed by atoms with Gasteiger partial charge in [0, 0.05) is 18.8 Å². The number of sulfonamides is 1. The van der Waals surface area contributed by atoms with E-state index in [0.29, 0.717) is 11.3 Å². The maximum absolute atomic E-state index is 13.4. The van der Waals surface area contributed by atoms with E-state index in [1.807, 2.05) is 30.3 Å². The summed E-state index contributed by atoms with van der Waals surface area (Å²) in [7, 11) is -3.94. The first-order chi connectivity index (χ1) is 14.7. The summed E-state index contributed by atoms with van der Waals surface area (Å²) in [4.78, 5) is 20.2. The number of amides is 1. The molecule has 0 radical (unpaired) electrons. The molecule has 1 atom stereocenters. The SMILES string of the molecule is CC(C)(C)N1C(=O)C(=Nc2ccc(N3CCCCC3)cc2)C(c2ccccc2)S1(=O)=O. The Morgan fingerprint density at radius 3 is 2.10 bits per heavy atom. The van der Waals surface area contributed by atoms with Crippen LogP contribution < -0.4 is 4.90 Å². The van der Waals surface area contributed by atoms with Crippen LogP contribution in [0.4, 0.5) is 11.4 Å². The van der Waals surface area contributed by atoms with Crippen molar-refractivity contribution in [1.82, 2.24) is 4.31 Å². The molecule has 4 rings (SSSR count). The van der Waals surface area contributed by atoms with E-state index in [0.717, 1.165) is 23.1 Å². The summed E-state index contributed by atoms with van der Waals surface area (Å²) in [5.41, 5.74) is 1.43. The van der Waals surface area contributed by atoms with E-state index in [2.05, 4.69) is 9.89 Å². The highest BCUT2D eigenvalue weighted by atomic mass is 32.2. The molecule has 0 N–H and O–H groups in total. The van der Waals surface area contributed by atoms with Crippen molar-refractivity contribution in [2.24, 2.45) is 4.99 Å². The number of anilines is 1. The molecule has 164 valence electrons. The Labute approximate surface area is 184 Å². The van der Waals surface area contributed by atoms with Crippen LogP contribution in [0.1, 0.15) is 50.8 Å². The van der Waals surface area contributed by atoms with E-state index in [1.165, 1.54) is 19.3 Å². The average molecular weight is 440 g/mol. The van der Waals surface area contributed by atoms with Gasteiger partial charge in [-0.05, 0) is 69.9 Å². The number of aliphatic imine (C=N–C) groups is 1. The fourth-order valence-corrected chi connectivity index (χ4v) is 6.59. The molecule has 2 aliphatic heterocycles. The summed E-state index contributed by atoms with van der Waals surface area (Å²) >= 11 is 0. The molecule has 31 heavy (non-hydrogen) atoms. The molecule has 1 unspecified atom stereocenters. The number of piperidine rings is 1. The molecule has 0 bridgehead atoms. The molecule has 2 aliphatic rings. The van der Waals surface area contributed by atoms with Crippen molar-refractivity contribution >= 4 is 33.0 Å². The van der Waals surface area contributed by atoms with E-state index in [4.69, 9.17) is 0 Å². The van der Waals surface area contributed by atoms with Crippen LogP contribution >= 0.6 is 0 Å². The topological polar surface area (TPSA) is 70.1 Å². The fourth-order valence-electron chi connectivity index (χ4n) is 4.36. The van der Waals surface area contributed by atoms with Crippen molar-refractivity contribution in [2.75, 3.05) is 18.0 Å². The second kappa shape index (κ2) is 8.11. The van der Waals surface area contributed by atoms with Crippen LogP contribution in [-0.4, -0.2) is 43.0 Å². The Bertz CT molecular complexity index is 1080. The molecule has 0 saturated carbocycles. The number of rotatable bonds is 3. The molecule has 0 spiro atoms. The highest BCUT2D eigenvalue weighted by molar-refractivity contribution is 7.91. The Morgan fingerprint density at radius 1 is 0.903 bits per heavy atom. The fraction of sp³-hybridized carbons (Fsp3) is 0.417. The van der Waals surface area contributed by atoms with Gasteiger partial charge in [-0.25, -0.2) is 17.7 Å². The number of carbonyl (C=O) groups is 1. The molecular formula is C24H29N3O3S. The third-order valence-corrected chi connectivity index (χ3v) is 8.05. The van der Waals surface area contributed by atoms with Crippen molar-refractivity contribution in [3.05, 3.63) is 60.2 Å². The highest BCUT2D eigenvalue weighted by Crippen LogP contribution is 2.39. The van der Waals surface area contributed by atoms with Crippen molar-refractivity contribution in [1.29, 1.82) is 0 Å². The van der Waals surface area contributed by atoms with Gasteiger partial charge < -0.3 is 4.90 Å². The summed E-state index contributed by atoms with van der Waals surface area (Å²) in [5, 5.41) is -1.11. The number of carbonyl (C=O) groups excluding carboxylic acids is 1. The minimum Gasteiger partial charge on any atom is -0.372 e. The first-order valence-electron chi connectivity index (χ1n) is 10.8. The molecule has 0 aromatic heterocycles. The minimum atomic E-state index is -3.94. The standard InChI is InChI=1S/C24H29N3O3S/c1-24(2,3)27-23(28)21(22(31(27,29)30)18-10-6-4-7-11-18)25-19-12-14-20(15-13-19)26-16-8-5-9-17-26/h4,6-7,10-15,22H,5,8-9,16-17H2,1-3H3. The Hall–Kier alpha value is -2.67. The first-order valence-corrected chi connectivity index (χ1v) is 12.3. The van der Waals surface area contributed by atoms with Crippen LogP contribution in [0.3, 0.4) is 0 Å². The van der Waals surface area contributed by atoms with Crippen molar-refractivity contribution < 1.29 is 13.2 Å². The van der Waals surface area contributed by atoms with Gasteiger partial charge in [-0.2, -0.15) is 0 Å². The van der Waals surface area contributed by atoms with Gasteiger partial charge in [0.1, 0.15) is 5.71 Å². The average Bonchev–Trinajstić information content (AvgIpc) is 2.94. The number of benzene rings is 2. The Balaban J connectivity index is 1.75. The van der Waals surface area contributed by atoms with Crippen molar-refractivity contribution in [3.63, 3.8) is 0 Å². The molecule has 2 aromatic rings. The van der Waals surface area contributed by atoms with Crippen LogP contribution in [0.5, 0.6) is 0 Å². The second-order valence-electron chi connectivity index (χ2n) is 9.14. The number of nitrogens with zero attached hydrogens (tertiary/aromatic N) is 3. The molecule has 0 aliphatic carbocycles. The maximum Gasteiger partial charge on any atom is 0.284 e. The summed E-state index contributed by atoms with van der Waals surface area (Å²) in [6.45, 7) is 7.25. The van der Waals surface area contributed by atoms with E-state index >= 15 is 0 Å². The number of hydrogen-bond acceptors (Lipinski definition) is 5. The summed E-state index contributed by atoms with van der Waals surface area (Å²) in [5.74, 6) is -0.554. The second-order valence-corrected chi connectivity index (χ2v) is 11.0. The van der Waals surface area contributed by atoms with Gasteiger partial charge in [0.2, 0.25) is 0 Å². The largest absolute Gasteiger partial charge is 0.372 e. The van der Waals surface area contributed by atoms with Gasteiger partial charge in [0.25, 0.3) is 15.9 Å². The van der Waals surface area contributed by atoms with Crippen molar-refractivity contribution in [2.45, 2.75) is 50.8 Å².